The van der Waals surface area contributed by atoms with Crippen LogP contribution in [-0.4, -0.2) is 10.2 Å². The molecule has 0 aromatic carbocycles. The molecule has 88 valence electrons. The van der Waals surface area contributed by atoms with Crippen LogP contribution in [0.5, 0.6) is 0 Å². The molecular formula is C13H20N2S. The van der Waals surface area contributed by atoms with Gasteiger partial charge in [0, 0.05) is 17.5 Å². The second-order valence-corrected chi connectivity index (χ2v) is 5.86. The highest BCUT2D eigenvalue weighted by Crippen LogP contribution is 2.32. The molecule has 0 unspecified atom stereocenters. The van der Waals surface area contributed by atoms with E-state index in [4.69, 9.17) is 5.73 Å². The molecule has 0 aliphatic heterocycles. The molecule has 1 saturated carbocycles. The molecule has 1 aliphatic rings. The number of nitrogens with two attached hydrogens (primary N) is 1. The third-order valence-corrected chi connectivity index (χ3v) is 4.32. The smallest absolute Gasteiger partial charge is 0.0968 e. The fraction of sp³-hybridized carbons (Fsp3) is 0.615. The lowest BCUT2D eigenvalue weighted by Crippen LogP contribution is -2.08. The van der Waals surface area contributed by atoms with E-state index in [1.807, 2.05) is 18.7 Å². The zero-order valence-corrected chi connectivity index (χ0v) is 10.7. The lowest BCUT2D eigenvalue weighted by molar-refractivity contribution is 0.515. The number of thioether (sulfide) groups is 1. The number of aromatic nitrogens is 1. The summed E-state index contributed by atoms with van der Waals surface area (Å²) < 4.78 is 0. The summed E-state index contributed by atoms with van der Waals surface area (Å²) in [5.41, 5.74) is 7.97. The summed E-state index contributed by atoms with van der Waals surface area (Å²) in [7, 11) is 0. The minimum Gasteiger partial charge on any atom is -0.326 e. The number of pyridine rings is 1. The molecule has 1 aliphatic carbocycles. The first-order valence-electron chi connectivity index (χ1n) is 6.12. The van der Waals surface area contributed by atoms with E-state index in [9.17, 15) is 0 Å². The lowest BCUT2D eigenvalue weighted by Gasteiger charge is -2.20. The number of nitrogens with zero attached hydrogens (tertiary/aromatic N) is 1. The van der Waals surface area contributed by atoms with Crippen molar-refractivity contribution in [1.82, 2.24) is 4.98 Å². The van der Waals surface area contributed by atoms with Gasteiger partial charge in [0.25, 0.3) is 0 Å². The summed E-state index contributed by atoms with van der Waals surface area (Å²) in [5, 5.41) is 1.93. The molecule has 0 atom stereocenters. The van der Waals surface area contributed by atoms with Gasteiger partial charge in [-0.3, -0.25) is 0 Å². The topological polar surface area (TPSA) is 38.9 Å². The van der Waals surface area contributed by atoms with E-state index in [1.54, 1.807) is 0 Å². The third-order valence-electron chi connectivity index (χ3n) is 3.07. The quantitative estimate of drug-likeness (QED) is 0.875. The van der Waals surface area contributed by atoms with Crippen molar-refractivity contribution < 1.29 is 0 Å². The molecule has 2 nitrogen and oxygen atoms in total. The van der Waals surface area contributed by atoms with Crippen molar-refractivity contribution >= 4 is 11.8 Å². The Morgan fingerprint density at radius 2 is 2.06 bits per heavy atom. The van der Waals surface area contributed by atoms with Crippen LogP contribution in [0, 0.1) is 6.92 Å². The molecule has 1 aromatic heterocycles. The average molecular weight is 236 g/mol. The first-order valence-corrected chi connectivity index (χ1v) is 7.00. The first kappa shape index (κ1) is 11.9. The maximum Gasteiger partial charge on any atom is 0.0968 e. The molecule has 0 amide bonds. The lowest BCUT2D eigenvalue weighted by atomic mass is 10.0. The standard InChI is InChI=1S/C13H20N2S/c1-10-7-11(9-14)8-13(15-10)16-12-5-3-2-4-6-12/h7-8,12H,2-6,9,14H2,1H3. The zero-order valence-electron chi connectivity index (χ0n) is 9.91. The summed E-state index contributed by atoms with van der Waals surface area (Å²) in [5.74, 6) is 0. The molecular weight excluding hydrogens is 216 g/mol. The Bertz CT molecular complexity index is 346. The Labute approximate surface area is 102 Å². The molecule has 1 aromatic rings. The van der Waals surface area contributed by atoms with Gasteiger partial charge in [-0.05, 0) is 37.5 Å². The van der Waals surface area contributed by atoms with Gasteiger partial charge in [0.2, 0.25) is 0 Å². The Hall–Kier alpha value is -0.540. The summed E-state index contributed by atoms with van der Waals surface area (Å²) in [6.07, 6.45) is 6.86. The van der Waals surface area contributed by atoms with E-state index in [0.29, 0.717) is 6.54 Å². The Kier molecular flexibility index (Phi) is 4.24. The van der Waals surface area contributed by atoms with Gasteiger partial charge in [-0.1, -0.05) is 19.3 Å². The van der Waals surface area contributed by atoms with Crippen LogP contribution in [0.25, 0.3) is 0 Å². The van der Waals surface area contributed by atoms with Gasteiger partial charge in [-0.2, -0.15) is 0 Å². The van der Waals surface area contributed by atoms with E-state index in [0.717, 1.165) is 16.0 Å². The van der Waals surface area contributed by atoms with Gasteiger partial charge in [0.15, 0.2) is 0 Å². The predicted octanol–water partition coefficient (Wildman–Crippen LogP) is 3.27. The van der Waals surface area contributed by atoms with Crippen molar-refractivity contribution in [1.29, 1.82) is 0 Å². The van der Waals surface area contributed by atoms with E-state index in [-0.39, 0.29) is 0 Å². The fourth-order valence-corrected chi connectivity index (χ4v) is 3.57. The molecule has 1 heterocycles. The van der Waals surface area contributed by atoms with Crippen molar-refractivity contribution in [2.24, 2.45) is 5.73 Å². The molecule has 3 heteroatoms. The Morgan fingerprint density at radius 3 is 2.75 bits per heavy atom. The van der Waals surface area contributed by atoms with Gasteiger partial charge in [0.1, 0.15) is 0 Å². The van der Waals surface area contributed by atoms with Crippen LogP contribution in [0.1, 0.15) is 43.4 Å². The summed E-state index contributed by atoms with van der Waals surface area (Å²) >= 11 is 1.94. The van der Waals surface area contributed by atoms with Crippen LogP contribution in [-0.2, 0) is 6.54 Å². The molecule has 0 radical (unpaired) electrons. The van der Waals surface area contributed by atoms with Gasteiger partial charge in [-0.15, -0.1) is 11.8 Å². The van der Waals surface area contributed by atoms with Crippen molar-refractivity contribution in [2.45, 2.75) is 55.8 Å². The average Bonchev–Trinajstić information content (AvgIpc) is 2.29. The monoisotopic (exact) mass is 236 g/mol. The second-order valence-electron chi connectivity index (χ2n) is 4.54. The van der Waals surface area contributed by atoms with Crippen LogP contribution >= 0.6 is 11.8 Å². The van der Waals surface area contributed by atoms with Crippen molar-refractivity contribution in [2.75, 3.05) is 0 Å². The van der Waals surface area contributed by atoms with Crippen LogP contribution < -0.4 is 5.73 Å². The maximum atomic E-state index is 5.68. The highest BCUT2D eigenvalue weighted by atomic mass is 32.2. The molecule has 2 N–H and O–H groups in total. The number of hydrogen-bond donors (Lipinski definition) is 1. The van der Waals surface area contributed by atoms with Crippen LogP contribution in [0.15, 0.2) is 17.2 Å². The molecule has 0 bridgehead atoms. The number of hydrogen-bond acceptors (Lipinski definition) is 3. The largest absolute Gasteiger partial charge is 0.326 e. The van der Waals surface area contributed by atoms with Crippen molar-refractivity contribution in [3.8, 4) is 0 Å². The SMILES string of the molecule is Cc1cc(CN)cc(SC2CCCCC2)n1. The zero-order chi connectivity index (χ0) is 11.4. The minimum atomic E-state index is 0.613. The molecule has 0 saturated heterocycles. The summed E-state index contributed by atoms with van der Waals surface area (Å²) in [6.45, 7) is 2.66. The molecule has 16 heavy (non-hydrogen) atoms. The van der Waals surface area contributed by atoms with E-state index >= 15 is 0 Å². The van der Waals surface area contributed by atoms with Crippen LogP contribution in [0.3, 0.4) is 0 Å². The maximum absolute atomic E-state index is 5.68. The molecule has 0 spiro atoms. The first-order chi connectivity index (χ1) is 7.78. The normalized spacial score (nSPS) is 17.6. The van der Waals surface area contributed by atoms with Crippen molar-refractivity contribution in [3.63, 3.8) is 0 Å². The third kappa shape index (κ3) is 3.22. The second kappa shape index (κ2) is 5.69. The van der Waals surface area contributed by atoms with E-state index < -0.39 is 0 Å². The fourth-order valence-electron chi connectivity index (χ4n) is 2.24. The van der Waals surface area contributed by atoms with Gasteiger partial charge < -0.3 is 5.73 Å². The van der Waals surface area contributed by atoms with Gasteiger partial charge in [0.05, 0.1) is 5.03 Å². The van der Waals surface area contributed by atoms with Gasteiger partial charge in [-0.25, -0.2) is 4.98 Å². The summed E-state index contributed by atoms with van der Waals surface area (Å²) in [4.78, 5) is 4.58. The highest BCUT2D eigenvalue weighted by Gasteiger charge is 2.15. The Morgan fingerprint density at radius 1 is 1.31 bits per heavy atom. The number of rotatable bonds is 3. The van der Waals surface area contributed by atoms with Crippen molar-refractivity contribution in [3.05, 3.63) is 23.4 Å². The highest BCUT2D eigenvalue weighted by molar-refractivity contribution is 7.99. The number of aryl methyl sites for hydroxylation is 1. The van der Waals surface area contributed by atoms with Crippen LogP contribution in [0.4, 0.5) is 0 Å². The predicted molar refractivity (Wildman–Crippen MR) is 69.6 cm³/mol. The molecule has 1 fully saturated rings. The summed E-state index contributed by atoms with van der Waals surface area (Å²) in [6, 6.07) is 4.22. The van der Waals surface area contributed by atoms with E-state index in [2.05, 4.69) is 17.1 Å². The molecule has 2 rings (SSSR count). The Balaban J connectivity index is 2.04. The van der Waals surface area contributed by atoms with Gasteiger partial charge >= 0.3 is 0 Å². The van der Waals surface area contributed by atoms with E-state index in [1.165, 1.54) is 37.7 Å². The van der Waals surface area contributed by atoms with Crippen LogP contribution in [0.2, 0.25) is 0 Å². The minimum absolute atomic E-state index is 0.613.